The van der Waals surface area contributed by atoms with Gasteiger partial charge in [0.2, 0.25) is 0 Å². The smallest absolute Gasteiger partial charge is 0.416 e. The van der Waals surface area contributed by atoms with Crippen LogP contribution in [0.15, 0.2) is 66.9 Å². The number of aryl methyl sites for hydroxylation is 1. The number of rotatable bonds is 5. The number of aromatic nitrogens is 1. The molecule has 1 atom stereocenters. The molecule has 0 saturated heterocycles. The fraction of sp³-hybridized carbons (Fsp3) is 0.185. The molecule has 3 N–H and O–H groups in total. The summed E-state index contributed by atoms with van der Waals surface area (Å²) in [6.07, 6.45) is -2.56. The van der Waals surface area contributed by atoms with Gasteiger partial charge in [0.05, 0.1) is 12.0 Å². The third-order valence-corrected chi connectivity index (χ3v) is 6.32. The van der Waals surface area contributed by atoms with Gasteiger partial charge < -0.3 is 15.6 Å². The molecule has 0 radical (unpaired) electrons. The van der Waals surface area contributed by atoms with Crippen LogP contribution in [-0.2, 0) is 23.8 Å². The van der Waals surface area contributed by atoms with E-state index in [-0.39, 0.29) is 11.3 Å². The largest absolute Gasteiger partial charge is 0.485 e. The van der Waals surface area contributed by atoms with Crippen molar-refractivity contribution in [3.8, 4) is 16.9 Å². The molecular weight excluding hydrogens is 457 g/mol. The number of aliphatic carboxylic acids is 1. The molecule has 5 nitrogen and oxygen atoms in total. The zero-order chi connectivity index (χ0) is 24.7. The normalized spacial score (nSPS) is 15.2. The quantitative estimate of drug-likeness (QED) is 0.357. The zero-order valence-corrected chi connectivity index (χ0v) is 18.5. The number of nitrogens with two attached hydrogens (primary N) is 1. The van der Waals surface area contributed by atoms with Gasteiger partial charge in [-0.05, 0) is 64.7 Å². The third kappa shape index (κ3) is 4.39. The predicted molar refractivity (Wildman–Crippen MR) is 126 cm³/mol. The van der Waals surface area contributed by atoms with Crippen LogP contribution in [0.3, 0.4) is 0 Å². The number of ether oxygens (including phenoxy) is 1. The molecule has 8 heteroatoms. The summed E-state index contributed by atoms with van der Waals surface area (Å²) in [5, 5.41) is 11.0. The molecule has 0 bridgehead atoms. The number of alkyl halides is 3. The van der Waals surface area contributed by atoms with E-state index < -0.39 is 30.2 Å². The van der Waals surface area contributed by atoms with Crippen LogP contribution < -0.4 is 10.5 Å². The Morgan fingerprint density at radius 2 is 1.91 bits per heavy atom. The van der Waals surface area contributed by atoms with Crippen LogP contribution in [0.4, 0.5) is 19.0 Å². The maximum Gasteiger partial charge on any atom is 0.416 e. The van der Waals surface area contributed by atoms with Crippen molar-refractivity contribution >= 4 is 22.6 Å². The minimum absolute atomic E-state index is 0.0607. The van der Waals surface area contributed by atoms with Crippen LogP contribution in [0.25, 0.3) is 21.9 Å². The van der Waals surface area contributed by atoms with Crippen LogP contribution in [0.1, 0.15) is 34.8 Å². The van der Waals surface area contributed by atoms with E-state index in [0.717, 1.165) is 45.2 Å². The van der Waals surface area contributed by atoms with Crippen molar-refractivity contribution in [3.05, 3.63) is 89.1 Å². The molecule has 0 fully saturated rings. The van der Waals surface area contributed by atoms with Gasteiger partial charge in [-0.3, -0.25) is 4.79 Å². The Labute approximate surface area is 199 Å². The first-order valence-corrected chi connectivity index (χ1v) is 11.1. The molecule has 0 amide bonds. The second-order valence-corrected chi connectivity index (χ2v) is 8.55. The number of nitrogens with zero attached hydrogens (tertiary/aromatic N) is 1. The van der Waals surface area contributed by atoms with Gasteiger partial charge in [0.25, 0.3) is 0 Å². The van der Waals surface area contributed by atoms with Gasteiger partial charge in [0.15, 0.2) is 0 Å². The van der Waals surface area contributed by atoms with Crippen molar-refractivity contribution in [1.82, 2.24) is 4.98 Å². The van der Waals surface area contributed by atoms with Crippen molar-refractivity contribution < 1.29 is 27.8 Å². The molecule has 4 aromatic rings. The maximum atomic E-state index is 13.3. The van der Waals surface area contributed by atoms with Crippen molar-refractivity contribution in [1.29, 1.82) is 0 Å². The SMILES string of the molecule is Nc1nccc2c(-c3ccc4c(c3)[C@H](Oc3cc(C(F)(F)F)ccc3CC(=O)O)CC4)cccc12. The van der Waals surface area contributed by atoms with E-state index in [4.69, 9.17) is 10.5 Å². The van der Waals surface area contributed by atoms with Crippen molar-refractivity contribution in [2.45, 2.75) is 31.5 Å². The Balaban J connectivity index is 1.54. The highest BCUT2D eigenvalue weighted by Gasteiger charge is 2.32. The first-order chi connectivity index (χ1) is 16.7. The number of carbonyl (C=O) groups is 1. The Morgan fingerprint density at radius 3 is 2.69 bits per heavy atom. The van der Waals surface area contributed by atoms with Gasteiger partial charge in [-0.15, -0.1) is 0 Å². The molecule has 0 spiro atoms. The molecule has 1 aromatic heterocycles. The molecular formula is C27H21F3N2O3. The summed E-state index contributed by atoms with van der Waals surface area (Å²) in [7, 11) is 0. The number of fused-ring (bicyclic) bond motifs is 2. The van der Waals surface area contributed by atoms with Gasteiger partial charge >= 0.3 is 12.1 Å². The maximum absolute atomic E-state index is 13.3. The van der Waals surface area contributed by atoms with E-state index in [9.17, 15) is 23.1 Å². The Bertz CT molecular complexity index is 1450. The summed E-state index contributed by atoms with van der Waals surface area (Å²) in [6, 6.07) is 16.6. The van der Waals surface area contributed by atoms with Gasteiger partial charge in [-0.2, -0.15) is 13.2 Å². The van der Waals surface area contributed by atoms with Crippen LogP contribution >= 0.6 is 0 Å². The van der Waals surface area contributed by atoms with Crippen molar-refractivity contribution in [2.24, 2.45) is 0 Å². The first kappa shape index (κ1) is 22.7. The molecule has 35 heavy (non-hydrogen) atoms. The number of carboxylic acids is 1. The number of hydrogen-bond donors (Lipinski definition) is 2. The van der Waals surface area contributed by atoms with Gasteiger partial charge in [0, 0.05) is 17.1 Å². The summed E-state index contributed by atoms with van der Waals surface area (Å²) in [6.45, 7) is 0. The minimum Gasteiger partial charge on any atom is -0.485 e. The fourth-order valence-electron chi connectivity index (χ4n) is 4.64. The van der Waals surface area contributed by atoms with Crippen LogP contribution in [0, 0.1) is 0 Å². The lowest BCUT2D eigenvalue weighted by Gasteiger charge is -2.20. The molecule has 0 unspecified atom stereocenters. The highest BCUT2D eigenvalue weighted by molar-refractivity contribution is 6.01. The van der Waals surface area contributed by atoms with Gasteiger partial charge in [0.1, 0.15) is 17.7 Å². The number of hydrogen-bond acceptors (Lipinski definition) is 4. The van der Waals surface area contributed by atoms with Crippen LogP contribution in [-0.4, -0.2) is 16.1 Å². The lowest BCUT2D eigenvalue weighted by Crippen LogP contribution is -2.11. The predicted octanol–water partition coefficient (Wildman–Crippen LogP) is 6.20. The molecule has 1 heterocycles. The van der Waals surface area contributed by atoms with Crippen molar-refractivity contribution in [2.75, 3.05) is 5.73 Å². The summed E-state index contributed by atoms with van der Waals surface area (Å²) in [5.74, 6) is -0.773. The number of benzene rings is 3. The summed E-state index contributed by atoms with van der Waals surface area (Å²) in [5.41, 5.74) is 9.16. The van der Waals surface area contributed by atoms with E-state index in [0.29, 0.717) is 18.7 Å². The number of pyridine rings is 1. The highest BCUT2D eigenvalue weighted by Crippen LogP contribution is 2.41. The van der Waals surface area contributed by atoms with E-state index >= 15 is 0 Å². The lowest BCUT2D eigenvalue weighted by atomic mass is 9.96. The number of nitrogen functional groups attached to an aromatic ring is 1. The first-order valence-electron chi connectivity index (χ1n) is 11.1. The van der Waals surface area contributed by atoms with Crippen LogP contribution in [0.5, 0.6) is 5.75 Å². The Hall–Kier alpha value is -4.07. The van der Waals surface area contributed by atoms with E-state index in [1.807, 2.05) is 42.5 Å². The van der Waals surface area contributed by atoms with Gasteiger partial charge in [-0.1, -0.05) is 36.4 Å². The number of carboxylic acid groups (broad SMARTS) is 1. The van der Waals surface area contributed by atoms with Crippen molar-refractivity contribution in [3.63, 3.8) is 0 Å². The van der Waals surface area contributed by atoms with Gasteiger partial charge in [-0.25, -0.2) is 4.98 Å². The third-order valence-electron chi connectivity index (χ3n) is 6.32. The second kappa shape index (κ2) is 8.61. The second-order valence-electron chi connectivity index (χ2n) is 8.55. The van der Waals surface area contributed by atoms with E-state index in [2.05, 4.69) is 4.98 Å². The summed E-state index contributed by atoms with van der Waals surface area (Å²) >= 11 is 0. The number of halogens is 3. The number of anilines is 1. The topological polar surface area (TPSA) is 85.4 Å². The molecule has 1 aliphatic carbocycles. The van der Waals surface area contributed by atoms with E-state index in [1.54, 1.807) is 6.20 Å². The molecule has 1 aliphatic rings. The molecule has 5 rings (SSSR count). The summed E-state index contributed by atoms with van der Waals surface area (Å²) < 4.78 is 46.1. The van der Waals surface area contributed by atoms with E-state index in [1.165, 1.54) is 6.07 Å². The molecule has 3 aromatic carbocycles. The highest BCUT2D eigenvalue weighted by atomic mass is 19.4. The van der Waals surface area contributed by atoms with Crippen LogP contribution in [0.2, 0.25) is 0 Å². The monoisotopic (exact) mass is 478 g/mol. The average Bonchev–Trinajstić information content (AvgIpc) is 3.21. The fourth-order valence-corrected chi connectivity index (χ4v) is 4.64. The zero-order valence-electron chi connectivity index (χ0n) is 18.5. The lowest BCUT2D eigenvalue weighted by molar-refractivity contribution is -0.137. The molecule has 0 aliphatic heterocycles. The average molecular weight is 478 g/mol. The molecule has 0 saturated carbocycles. The standard InChI is InChI=1S/C27H21F3N2O3/c28-27(29,30)18-8-6-17(13-25(33)34)24(14-18)35-23-9-7-15-4-5-16(12-22(15)23)19-2-1-3-21-20(19)10-11-32-26(21)31/h1-6,8,10-12,14,23H,7,9,13H2,(H2,31,32)(H,33,34)/t23-/m1/s1. The Kier molecular flexibility index (Phi) is 5.59. The summed E-state index contributed by atoms with van der Waals surface area (Å²) in [4.78, 5) is 15.4. The Morgan fingerprint density at radius 1 is 1.09 bits per heavy atom. The molecule has 178 valence electrons. The minimum atomic E-state index is -4.56.